The highest BCUT2D eigenvalue weighted by atomic mass is 15.1. The molecule has 0 saturated carbocycles. The molecule has 0 bridgehead atoms. The van der Waals surface area contributed by atoms with Crippen molar-refractivity contribution in [3.05, 3.63) is 43.0 Å². The first-order valence-corrected chi connectivity index (χ1v) is 4.84. The monoisotopic (exact) mass is 211 g/mol. The minimum Gasteiger partial charge on any atom is -0.384 e. The summed E-state index contributed by atoms with van der Waals surface area (Å²) < 4.78 is 1.88. The zero-order valence-electron chi connectivity index (χ0n) is 8.41. The average molecular weight is 211 g/mol. The first-order valence-electron chi connectivity index (χ1n) is 4.84. The Kier molecular flexibility index (Phi) is 1.83. The van der Waals surface area contributed by atoms with Gasteiger partial charge in [-0.25, -0.2) is 15.0 Å². The van der Waals surface area contributed by atoms with Crippen molar-refractivity contribution in [1.82, 2.24) is 19.5 Å². The van der Waals surface area contributed by atoms with Gasteiger partial charge in [0.25, 0.3) is 0 Å². The molecule has 0 aliphatic rings. The van der Waals surface area contributed by atoms with E-state index in [9.17, 15) is 0 Å². The van der Waals surface area contributed by atoms with E-state index in [0.29, 0.717) is 5.82 Å². The molecule has 2 N–H and O–H groups in total. The first kappa shape index (κ1) is 8.84. The summed E-state index contributed by atoms with van der Waals surface area (Å²) in [7, 11) is 0. The summed E-state index contributed by atoms with van der Waals surface area (Å²) >= 11 is 0. The standard InChI is InChI=1S/C11H9N5/c12-10-5-11(14-6-13-10)16-7-15-8-3-1-2-4-9(8)16/h1-7H,(H2,12,13,14). The van der Waals surface area contributed by atoms with Crippen molar-refractivity contribution >= 4 is 16.9 Å². The molecule has 2 heterocycles. The molecule has 0 aliphatic carbocycles. The lowest BCUT2D eigenvalue weighted by Crippen LogP contribution is -1.99. The van der Waals surface area contributed by atoms with Gasteiger partial charge >= 0.3 is 0 Å². The fraction of sp³-hybridized carbons (Fsp3) is 0. The van der Waals surface area contributed by atoms with E-state index < -0.39 is 0 Å². The van der Waals surface area contributed by atoms with Gasteiger partial charge in [0.1, 0.15) is 24.3 Å². The topological polar surface area (TPSA) is 69.6 Å². The SMILES string of the molecule is Nc1cc(-n2cnc3ccccc32)ncn1. The maximum Gasteiger partial charge on any atom is 0.143 e. The fourth-order valence-electron chi connectivity index (χ4n) is 1.63. The van der Waals surface area contributed by atoms with Crippen LogP contribution in [0.5, 0.6) is 0 Å². The maximum atomic E-state index is 5.62. The molecular weight excluding hydrogens is 202 g/mol. The molecule has 3 aromatic rings. The van der Waals surface area contributed by atoms with Gasteiger partial charge in [0.15, 0.2) is 0 Å². The molecule has 78 valence electrons. The Labute approximate surface area is 91.6 Å². The van der Waals surface area contributed by atoms with Gasteiger partial charge in [-0.1, -0.05) is 12.1 Å². The molecule has 0 saturated heterocycles. The highest BCUT2D eigenvalue weighted by Crippen LogP contribution is 2.16. The van der Waals surface area contributed by atoms with Crippen LogP contribution in [0.15, 0.2) is 43.0 Å². The maximum absolute atomic E-state index is 5.62. The van der Waals surface area contributed by atoms with E-state index in [4.69, 9.17) is 5.73 Å². The third-order valence-electron chi connectivity index (χ3n) is 2.37. The fourth-order valence-corrected chi connectivity index (χ4v) is 1.63. The molecule has 0 atom stereocenters. The lowest BCUT2D eigenvalue weighted by molar-refractivity contribution is 0.998. The number of aromatic nitrogens is 4. The number of hydrogen-bond acceptors (Lipinski definition) is 4. The normalized spacial score (nSPS) is 10.8. The van der Waals surface area contributed by atoms with E-state index in [1.165, 1.54) is 6.33 Å². The number of fused-ring (bicyclic) bond motifs is 1. The van der Waals surface area contributed by atoms with Crippen molar-refractivity contribution in [3.63, 3.8) is 0 Å². The molecule has 0 radical (unpaired) electrons. The van der Waals surface area contributed by atoms with Gasteiger partial charge in [-0.15, -0.1) is 0 Å². The second-order valence-electron chi connectivity index (χ2n) is 3.40. The van der Waals surface area contributed by atoms with Crippen LogP contribution in [0.3, 0.4) is 0 Å². The van der Waals surface area contributed by atoms with Crippen LogP contribution in [0.4, 0.5) is 5.82 Å². The Morgan fingerprint density at radius 2 is 1.94 bits per heavy atom. The van der Waals surface area contributed by atoms with Gasteiger partial charge in [-0.05, 0) is 12.1 Å². The van der Waals surface area contributed by atoms with Crippen LogP contribution in [0.2, 0.25) is 0 Å². The molecule has 5 nitrogen and oxygen atoms in total. The molecule has 0 spiro atoms. The van der Waals surface area contributed by atoms with Crippen molar-refractivity contribution in [1.29, 1.82) is 0 Å². The van der Waals surface area contributed by atoms with E-state index in [0.717, 1.165) is 16.9 Å². The summed E-state index contributed by atoms with van der Waals surface area (Å²) in [6.45, 7) is 0. The largest absolute Gasteiger partial charge is 0.384 e. The number of nitrogen functional groups attached to an aromatic ring is 1. The van der Waals surface area contributed by atoms with Gasteiger partial charge < -0.3 is 5.73 Å². The zero-order chi connectivity index (χ0) is 11.0. The quantitative estimate of drug-likeness (QED) is 0.660. The molecule has 0 amide bonds. The predicted octanol–water partition coefficient (Wildman–Crippen LogP) is 1.40. The highest BCUT2D eigenvalue weighted by Gasteiger charge is 2.04. The van der Waals surface area contributed by atoms with Crippen LogP contribution in [0.1, 0.15) is 0 Å². The van der Waals surface area contributed by atoms with Crippen LogP contribution in [0.25, 0.3) is 16.9 Å². The summed E-state index contributed by atoms with van der Waals surface area (Å²) in [5.74, 6) is 1.17. The van der Waals surface area contributed by atoms with Crippen LogP contribution in [0, 0.1) is 0 Å². The summed E-state index contributed by atoms with van der Waals surface area (Å²) in [6, 6.07) is 9.57. The van der Waals surface area contributed by atoms with Crippen molar-refractivity contribution < 1.29 is 0 Å². The first-order chi connectivity index (χ1) is 7.84. The van der Waals surface area contributed by atoms with E-state index in [1.807, 2.05) is 28.8 Å². The molecule has 0 aliphatic heterocycles. The Bertz CT molecular complexity index is 643. The lowest BCUT2D eigenvalue weighted by Gasteiger charge is -2.02. The van der Waals surface area contributed by atoms with Gasteiger partial charge in [-0.2, -0.15) is 0 Å². The summed E-state index contributed by atoms with van der Waals surface area (Å²) in [5, 5.41) is 0. The minimum atomic E-state index is 0.447. The molecule has 3 rings (SSSR count). The third-order valence-corrected chi connectivity index (χ3v) is 2.37. The molecule has 1 aromatic carbocycles. The van der Waals surface area contributed by atoms with Gasteiger partial charge in [0.2, 0.25) is 0 Å². The smallest absolute Gasteiger partial charge is 0.143 e. The van der Waals surface area contributed by atoms with Crippen molar-refractivity contribution in [2.45, 2.75) is 0 Å². The van der Waals surface area contributed by atoms with Crippen molar-refractivity contribution in [3.8, 4) is 5.82 Å². The predicted molar refractivity (Wildman–Crippen MR) is 61.1 cm³/mol. The molecular formula is C11H9N5. The Morgan fingerprint density at radius 1 is 1.06 bits per heavy atom. The Balaban J connectivity index is 2.26. The van der Waals surface area contributed by atoms with Crippen LogP contribution >= 0.6 is 0 Å². The lowest BCUT2D eigenvalue weighted by atomic mass is 10.3. The molecule has 16 heavy (non-hydrogen) atoms. The molecule has 0 fully saturated rings. The highest BCUT2D eigenvalue weighted by molar-refractivity contribution is 5.76. The van der Waals surface area contributed by atoms with Crippen LogP contribution in [-0.2, 0) is 0 Å². The van der Waals surface area contributed by atoms with E-state index in [1.54, 1.807) is 12.4 Å². The van der Waals surface area contributed by atoms with Crippen LogP contribution in [-0.4, -0.2) is 19.5 Å². The van der Waals surface area contributed by atoms with Gasteiger partial charge in [0, 0.05) is 6.07 Å². The molecule has 5 heteroatoms. The third kappa shape index (κ3) is 1.30. The van der Waals surface area contributed by atoms with Gasteiger partial charge in [0.05, 0.1) is 11.0 Å². The van der Waals surface area contributed by atoms with E-state index in [2.05, 4.69) is 15.0 Å². The summed E-state index contributed by atoms with van der Waals surface area (Å²) in [5.41, 5.74) is 7.55. The van der Waals surface area contributed by atoms with E-state index >= 15 is 0 Å². The number of nitrogens with zero attached hydrogens (tertiary/aromatic N) is 4. The minimum absolute atomic E-state index is 0.447. The number of nitrogens with two attached hydrogens (primary N) is 1. The van der Waals surface area contributed by atoms with E-state index in [-0.39, 0.29) is 0 Å². The zero-order valence-corrected chi connectivity index (χ0v) is 8.41. The van der Waals surface area contributed by atoms with Crippen molar-refractivity contribution in [2.24, 2.45) is 0 Å². The second-order valence-corrected chi connectivity index (χ2v) is 3.40. The average Bonchev–Trinajstić information content (AvgIpc) is 2.72. The molecule has 2 aromatic heterocycles. The Hall–Kier alpha value is -2.43. The number of para-hydroxylation sites is 2. The number of rotatable bonds is 1. The Morgan fingerprint density at radius 3 is 2.81 bits per heavy atom. The van der Waals surface area contributed by atoms with Gasteiger partial charge in [-0.3, -0.25) is 4.57 Å². The van der Waals surface area contributed by atoms with Crippen LogP contribution < -0.4 is 5.73 Å². The number of hydrogen-bond donors (Lipinski definition) is 1. The second kappa shape index (κ2) is 3.30. The number of imidazole rings is 1. The summed E-state index contributed by atoms with van der Waals surface area (Å²) in [4.78, 5) is 12.3. The van der Waals surface area contributed by atoms with Crippen molar-refractivity contribution in [2.75, 3.05) is 5.73 Å². The number of benzene rings is 1. The number of anilines is 1. The summed E-state index contributed by atoms with van der Waals surface area (Å²) in [6.07, 6.45) is 3.17. The molecule has 0 unspecified atom stereocenters.